The molecule has 0 spiro atoms. The van der Waals surface area contributed by atoms with Gasteiger partial charge in [-0.3, -0.25) is 0 Å². The molecular weight excluding hydrogens is 433 g/mol. The summed E-state index contributed by atoms with van der Waals surface area (Å²) in [6.07, 6.45) is 2.22. The van der Waals surface area contributed by atoms with E-state index in [0.717, 1.165) is 33.8 Å². The minimum atomic E-state index is -0.217. The van der Waals surface area contributed by atoms with Gasteiger partial charge in [0, 0.05) is 0 Å². The summed E-state index contributed by atoms with van der Waals surface area (Å²) >= 11 is -0.217. The van der Waals surface area contributed by atoms with Crippen molar-refractivity contribution in [3.8, 4) is 0 Å². The van der Waals surface area contributed by atoms with Crippen LogP contribution in [0.3, 0.4) is 0 Å². The van der Waals surface area contributed by atoms with Crippen molar-refractivity contribution in [3.05, 3.63) is 89.7 Å². The second-order valence-corrected chi connectivity index (χ2v) is 8.76. The third-order valence-corrected chi connectivity index (χ3v) is 6.91. The maximum absolute atomic E-state index is 6.16. The van der Waals surface area contributed by atoms with Crippen LogP contribution in [0.2, 0.25) is 0 Å². The van der Waals surface area contributed by atoms with Crippen molar-refractivity contribution < 1.29 is 21.2 Å². The van der Waals surface area contributed by atoms with Gasteiger partial charge in [0.15, 0.2) is 0 Å². The number of hydrogen-bond acceptors (Lipinski definition) is 3. The van der Waals surface area contributed by atoms with Crippen molar-refractivity contribution in [1.29, 1.82) is 0 Å². The van der Waals surface area contributed by atoms with Gasteiger partial charge < -0.3 is 0 Å². The van der Waals surface area contributed by atoms with Gasteiger partial charge in [0.05, 0.1) is 0 Å². The van der Waals surface area contributed by atoms with Crippen LogP contribution in [0.25, 0.3) is 0 Å². The van der Waals surface area contributed by atoms with Crippen LogP contribution in [0.4, 0.5) is 11.4 Å². The van der Waals surface area contributed by atoms with Crippen molar-refractivity contribution in [1.82, 2.24) is 0 Å². The molecule has 0 bridgehead atoms. The Morgan fingerprint density at radius 2 is 1.31 bits per heavy atom. The Kier molecular flexibility index (Phi) is 5.41. The molecule has 2 aromatic rings. The Balaban J connectivity index is 2.17. The third kappa shape index (κ3) is 3.80. The normalized spacial score (nSPS) is 14.8. The van der Waals surface area contributed by atoms with Crippen molar-refractivity contribution in [2.45, 2.75) is 26.7 Å². The van der Waals surface area contributed by atoms with Gasteiger partial charge in [-0.15, -0.1) is 0 Å². The first kappa shape index (κ1) is 18.6. The molecule has 0 atom stereocenters. The van der Waals surface area contributed by atoms with Gasteiger partial charge in [-0.05, 0) is 0 Å². The van der Waals surface area contributed by atoms with Crippen molar-refractivity contribution >= 4 is 11.4 Å². The summed E-state index contributed by atoms with van der Waals surface area (Å²) < 4.78 is 4.54. The van der Waals surface area contributed by atoms with Gasteiger partial charge in [0.25, 0.3) is 0 Å². The molecule has 136 valence electrons. The summed E-state index contributed by atoms with van der Waals surface area (Å²) in [5.41, 5.74) is 27.9. The Bertz CT molecular complexity index is 887. The molecule has 0 saturated carbocycles. The van der Waals surface area contributed by atoms with Crippen LogP contribution in [-0.4, -0.2) is 0 Å². The zero-order chi connectivity index (χ0) is 18.8. The Labute approximate surface area is 165 Å². The third-order valence-electron chi connectivity index (χ3n) is 4.80. The maximum atomic E-state index is 6.16. The first-order valence-corrected chi connectivity index (χ1v) is 11.0. The van der Waals surface area contributed by atoms with Gasteiger partial charge in [0.2, 0.25) is 0 Å². The van der Waals surface area contributed by atoms with Gasteiger partial charge in [-0.2, -0.15) is 0 Å². The molecule has 3 rings (SSSR count). The summed E-state index contributed by atoms with van der Waals surface area (Å²) in [6.45, 7) is 6.19. The predicted molar refractivity (Wildman–Crippen MR) is 107 cm³/mol. The van der Waals surface area contributed by atoms with Crippen LogP contribution in [0.15, 0.2) is 67.5 Å². The van der Waals surface area contributed by atoms with Crippen molar-refractivity contribution in [2.75, 3.05) is 11.5 Å². The van der Waals surface area contributed by atoms with E-state index >= 15 is 0 Å². The molecular formula is C22H25IN3-. The van der Waals surface area contributed by atoms with E-state index in [1.807, 2.05) is 12.1 Å². The predicted octanol–water partition coefficient (Wildman–Crippen LogP) is 1.33. The van der Waals surface area contributed by atoms with Crippen LogP contribution in [0.5, 0.6) is 0 Å². The molecule has 2 aromatic carbocycles. The fraction of sp³-hybridized carbons (Fsp3) is 0.182. The molecule has 4 heteroatoms. The molecule has 0 unspecified atom stereocenters. The average Bonchev–Trinajstić information content (AvgIpc) is 2.76. The van der Waals surface area contributed by atoms with E-state index in [4.69, 9.17) is 17.2 Å². The Hall–Kier alpha value is -2.21. The molecule has 26 heavy (non-hydrogen) atoms. The molecule has 0 aliphatic carbocycles. The quantitative estimate of drug-likeness (QED) is 0.480. The molecule has 0 radical (unpaired) electrons. The zero-order valence-electron chi connectivity index (χ0n) is 15.4. The number of nitrogens with two attached hydrogens (primary N) is 3. The fourth-order valence-corrected chi connectivity index (χ4v) is 5.12. The molecule has 6 N–H and O–H groups in total. The Morgan fingerprint density at radius 1 is 0.769 bits per heavy atom. The number of allylic oxidation sites excluding steroid dienone is 3. The molecule has 0 fully saturated rings. The van der Waals surface area contributed by atoms with Crippen molar-refractivity contribution in [3.63, 3.8) is 0 Å². The SMILES string of the molecule is CC1=CC(C(c2ccc(N)c(C)c2)c2ccc(N)c(C)c2)=C[I-]C=C1N. The van der Waals surface area contributed by atoms with Gasteiger partial charge >= 0.3 is 166 Å². The van der Waals surface area contributed by atoms with E-state index in [2.05, 4.69) is 59.3 Å². The first-order valence-electron chi connectivity index (χ1n) is 8.55. The van der Waals surface area contributed by atoms with E-state index in [1.165, 1.54) is 16.7 Å². The summed E-state index contributed by atoms with van der Waals surface area (Å²) in [5, 5.41) is 0. The van der Waals surface area contributed by atoms with Crippen LogP contribution >= 0.6 is 0 Å². The minimum absolute atomic E-state index is 0.141. The van der Waals surface area contributed by atoms with Crippen LogP contribution in [0.1, 0.15) is 35.1 Å². The second kappa shape index (κ2) is 7.58. The molecule has 0 aromatic heterocycles. The first-order chi connectivity index (χ1) is 12.4. The molecule has 1 aliphatic heterocycles. The number of halogens is 1. The van der Waals surface area contributed by atoms with E-state index in [9.17, 15) is 0 Å². The second-order valence-electron chi connectivity index (χ2n) is 6.79. The van der Waals surface area contributed by atoms with Gasteiger partial charge in [0.1, 0.15) is 0 Å². The number of rotatable bonds is 3. The van der Waals surface area contributed by atoms with E-state index in [-0.39, 0.29) is 27.1 Å². The monoisotopic (exact) mass is 458 g/mol. The van der Waals surface area contributed by atoms with Gasteiger partial charge in [-0.1, -0.05) is 0 Å². The summed E-state index contributed by atoms with van der Waals surface area (Å²) in [5.74, 6) is 0.141. The van der Waals surface area contributed by atoms with Gasteiger partial charge in [-0.25, -0.2) is 0 Å². The van der Waals surface area contributed by atoms with E-state index in [1.54, 1.807) is 0 Å². The van der Waals surface area contributed by atoms with Crippen LogP contribution < -0.4 is 38.4 Å². The summed E-state index contributed by atoms with van der Waals surface area (Å²) in [7, 11) is 0. The van der Waals surface area contributed by atoms with Crippen molar-refractivity contribution in [2.24, 2.45) is 5.73 Å². The van der Waals surface area contributed by atoms with Crippen LogP contribution in [0, 0.1) is 13.8 Å². The van der Waals surface area contributed by atoms with E-state index < -0.39 is 0 Å². The summed E-state index contributed by atoms with van der Waals surface area (Å²) in [4.78, 5) is 0. The number of anilines is 2. The topological polar surface area (TPSA) is 78.1 Å². The molecule has 0 amide bonds. The van der Waals surface area contributed by atoms with E-state index in [0.29, 0.717) is 0 Å². The number of aryl methyl sites for hydroxylation is 2. The fourth-order valence-electron chi connectivity index (χ4n) is 3.10. The zero-order valence-corrected chi connectivity index (χ0v) is 17.5. The number of benzene rings is 2. The standard InChI is InChI=1S/C22H25IN3/c1-13-8-16(4-6-19(13)24)22(17-5-7-20(25)14(2)9-17)18-10-15(3)21(26)12-23-11-18/h4-12,22H,24-26H2,1-3H3/q-1. The van der Waals surface area contributed by atoms with Crippen LogP contribution in [-0.2, 0) is 0 Å². The number of nitrogen functional groups attached to an aromatic ring is 2. The molecule has 1 heterocycles. The average molecular weight is 458 g/mol. The molecule has 1 aliphatic rings. The molecule has 3 nitrogen and oxygen atoms in total. The Morgan fingerprint density at radius 3 is 1.81 bits per heavy atom. The number of hydrogen-bond donors (Lipinski definition) is 3. The molecule has 0 saturated heterocycles. The summed E-state index contributed by atoms with van der Waals surface area (Å²) in [6, 6.07) is 12.6.